The second-order valence-electron chi connectivity index (χ2n) is 8.38. The molecule has 4 aromatic rings. The third kappa shape index (κ3) is 4.61. The van der Waals surface area contributed by atoms with Crippen LogP contribution in [0.4, 0.5) is 11.4 Å². The molecule has 1 aliphatic heterocycles. The number of aromatic nitrogens is 2. The van der Waals surface area contributed by atoms with Crippen molar-refractivity contribution in [3.63, 3.8) is 0 Å². The standard InChI is InChI=1S/C26H23N5O4/c1-18-5-4-6-21(17-18)25-28-27-24(35-25)19-9-11-20(12-10-19)26(32)30-15-13-29(14-16-30)22-7-2-3-8-23(22)31(33)34/h2-12,17H,13-16H2,1H3. The molecule has 9 nitrogen and oxygen atoms in total. The second kappa shape index (κ2) is 9.38. The Labute approximate surface area is 201 Å². The number of para-hydroxylation sites is 2. The normalized spacial score (nSPS) is 13.6. The number of carbonyl (C=O) groups is 1. The molecule has 1 aromatic heterocycles. The molecular weight excluding hydrogens is 446 g/mol. The van der Waals surface area contributed by atoms with Crippen LogP contribution in [0.3, 0.4) is 0 Å². The van der Waals surface area contributed by atoms with Gasteiger partial charge in [-0.25, -0.2) is 0 Å². The van der Waals surface area contributed by atoms with Crippen LogP contribution in [0.2, 0.25) is 0 Å². The summed E-state index contributed by atoms with van der Waals surface area (Å²) in [6.07, 6.45) is 0. The van der Waals surface area contributed by atoms with Gasteiger partial charge in [0.2, 0.25) is 11.8 Å². The maximum absolute atomic E-state index is 13.0. The molecule has 0 N–H and O–H groups in total. The lowest BCUT2D eigenvalue weighted by atomic mass is 10.1. The SMILES string of the molecule is Cc1cccc(-c2nnc(-c3ccc(C(=O)N4CCN(c5ccccc5[N+](=O)[O-])CC4)cc3)o2)c1. The van der Waals surface area contributed by atoms with E-state index in [-0.39, 0.29) is 16.5 Å². The third-order valence-electron chi connectivity index (χ3n) is 6.05. The summed E-state index contributed by atoms with van der Waals surface area (Å²) in [5.74, 6) is 0.753. The number of amides is 1. The fourth-order valence-corrected chi connectivity index (χ4v) is 4.21. The first-order valence-corrected chi connectivity index (χ1v) is 11.3. The quantitative estimate of drug-likeness (QED) is 0.311. The number of benzene rings is 3. The van der Waals surface area contributed by atoms with Crippen molar-refractivity contribution in [2.75, 3.05) is 31.1 Å². The van der Waals surface area contributed by atoms with Crippen LogP contribution in [0.15, 0.2) is 77.2 Å². The average Bonchev–Trinajstić information content (AvgIpc) is 3.39. The van der Waals surface area contributed by atoms with Crippen molar-refractivity contribution >= 4 is 17.3 Å². The zero-order valence-corrected chi connectivity index (χ0v) is 19.1. The summed E-state index contributed by atoms with van der Waals surface area (Å²) < 4.78 is 5.84. The number of nitro groups is 1. The Bertz CT molecular complexity index is 1370. The molecule has 0 aliphatic carbocycles. The van der Waals surface area contributed by atoms with Crippen LogP contribution in [-0.4, -0.2) is 52.1 Å². The number of hydrogen-bond donors (Lipinski definition) is 0. The minimum atomic E-state index is -0.373. The van der Waals surface area contributed by atoms with Crippen molar-refractivity contribution in [3.05, 3.63) is 94.0 Å². The van der Waals surface area contributed by atoms with E-state index < -0.39 is 0 Å². The van der Waals surface area contributed by atoms with E-state index in [4.69, 9.17) is 4.42 Å². The monoisotopic (exact) mass is 469 g/mol. The van der Waals surface area contributed by atoms with Gasteiger partial charge in [-0.1, -0.05) is 29.8 Å². The number of hydrogen-bond acceptors (Lipinski definition) is 7. The Morgan fingerprint density at radius 3 is 2.26 bits per heavy atom. The van der Waals surface area contributed by atoms with E-state index in [2.05, 4.69) is 10.2 Å². The smallest absolute Gasteiger partial charge is 0.292 e. The molecule has 0 atom stereocenters. The maximum Gasteiger partial charge on any atom is 0.292 e. The van der Waals surface area contributed by atoms with Gasteiger partial charge in [0.05, 0.1) is 4.92 Å². The predicted octanol–water partition coefficient (Wildman–Crippen LogP) is 4.58. The zero-order valence-electron chi connectivity index (χ0n) is 19.1. The Kier molecular flexibility index (Phi) is 5.97. The third-order valence-corrected chi connectivity index (χ3v) is 6.05. The molecule has 5 rings (SSSR count). The van der Waals surface area contributed by atoms with Crippen LogP contribution in [0, 0.1) is 17.0 Å². The molecule has 1 fully saturated rings. The Morgan fingerprint density at radius 2 is 1.57 bits per heavy atom. The topological polar surface area (TPSA) is 106 Å². The van der Waals surface area contributed by atoms with Crippen LogP contribution < -0.4 is 4.90 Å². The van der Waals surface area contributed by atoms with Crippen molar-refractivity contribution in [1.82, 2.24) is 15.1 Å². The Hall–Kier alpha value is -4.53. The van der Waals surface area contributed by atoms with Crippen molar-refractivity contribution in [2.45, 2.75) is 6.92 Å². The van der Waals surface area contributed by atoms with E-state index >= 15 is 0 Å². The highest BCUT2D eigenvalue weighted by atomic mass is 16.6. The number of rotatable bonds is 5. The highest BCUT2D eigenvalue weighted by Gasteiger charge is 2.26. The highest BCUT2D eigenvalue weighted by molar-refractivity contribution is 5.94. The number of piperazine rings is 1. The summed E-state index contributed by atoms with van der Waals surface area (Å²) in [4.78, 5) is 27.7. The van der Waals surface area contributed by atoms with E-state index in [0.29, 0.717) is 49.2 Å². The van der Waals surface area contributed by atoms with Crippen molar-refractivity contribution in [1.29, 1.82) is 0 Å². The zero-order chi connectivity index (χ0) is 24.4. The van der Waals surface area contributed by atoms with Crippen molar-refractivity contribution in [2.24, 2.45) is 0 Å². The van der Waals surface area contributed by atoms with Crippen LogP contribution in [0.1, 0.15) is 15.9 Å². The maximum atomic E-state index is 13.0. The van der Waals surface area contributed by atoms with Gasteiger partial charge < -0.3 is 14.2 Å². The van der Waals surface area contributed by atoms with E-state index in [1.54, 1.807) is 47.4 Å². The van der Waals surface area contributed by atoms with Gasteiger partial charge in [0.15, 0.2) is 0 Å². The van der Waals surface area contributed by atoms with E-state index in [1.165, 1.54) is 6.07 Å². The molecule has 0 spiro atoms. The molecule has 0 unspecified atom stereocenters. The largest absolute Gasteiger partial charge is 0.416 e. The van der Waals surface area contributed by atoms with Crippen LogP contribution >= 0.6 is 0 Å². The van der Waals surface area contributed by atoms with Gasteiger partial charge in [-0.05, 0) is 49.4 Å². The van der Waals surface area contributed by atoms with Gasteiger partial charge in [-0.15, -0.1) is 10.2 Å². The number of anilines is 1. The Morgan fingerprint density at radius 1 is 0.886 bits per heavy atom. The van der Waals surface area contributed by atoms with Crippen molar-refractivity contribution in [3.8, 4) is 22.9 Å². The van der Waals surface area contributed by atoms with Crippen LogP contribution in [-0.2, 0) is 0 Å². The minimum absolute atomic E-state index is 0.0782. The molecule has 1 amide bonds. The Balaban J connectivity index is 1.25. The number of nitrogens with zero attached hydrogens (tertiary/aromatic N) is 5. The summed E-state index contributed by atoms with van der Waals surface area (Å²) in [6.45, 7) is 4.02. The summed E-state index contributed by atoms with van der Waals surface area (Å²) in [6, 6.07) is 21.6. The van der Waals surface area contributed by atoms with Gasteiger partial charge >= 0.3 is 0 Å². The lowest BCUT2D eigenvalue weighted by Gasteiger charge is -2.35. The molecular formula is C26H23N5O4. The van der Waals surface area contributed by atoms with Crippen molar-refractivity contribution < 1.29 is 14.1 Å². The van der Waals surface area contributed by atoms with Gasteiger partial charge in [0.25, 0.3) is 11.6 Å². The number of carbonyl (C=O) groups excluding carboxylic acids is 1. The predicted molar refractivity (Wildman–Crippen MR) is 131 cm³/mol. The molecule has 0 bridgehead atoms. The fourth-order valence-electron chi connectivity index (χ4n) is 4.21. The van der Waals surface area contributed by atoms with Gasteiger partial charge in [0, 0.05) is 48.9 Å². The lowest BCUT2D eigenvalue weighted by Crippen LogP contribution is -2.48. The summed E-state index contributed by atoms with van der Waals surface area (Å²) in [7, 11) is 0. The average molecular weight is 470 g/mol. The molecule has 35 heavy (non-hydrogen) atoms. The van der Waals surface area contributed by atoms with E-state index in [9.17, 15) is 14.9 Å². The van der Waals surface area contributed by atoms with Crippen LogP contribution in [0.5, 0.6) is 0 Å². The molecule has 0 saturated carbocycles. The molecule has 2 heterocycles. The fraction of sp³-hybridized carbons (Fsp3) is 0.192. The van der Waals surface area contributed by atoms with Gasteiger partial charge in [-0.3, -0.25) is 14.9 Å². The van der Waals surface area contributed by atoms with Gasteiger partial charge in [-0.2, -0.15) is 0 Å². The van der Waals surface area contributed by atoms with Gasteiger partial charge in [0.1, 0.15) is 5.69 Å². The molecule has 9 heteroatoms. The first-order valence-electron chi connectivity index (χ1n) is 11.3. The molecule has 3 aromatic carbocycles. The molecule has 176 valence electrons. The molecule has 1 saturated heterocycles. The lowest BCUT2D eigenvalue weighted by molar-refractivity contribution is -0.384. The summed E-state index contributed by atoms with van der Waals surface area (Å²) in [5, 5.41) is 19.6. The summed E-state index contributed by atoms with van der Waals surface area (Å²) >= 11 is 0. The van der Waals surface area contributed by atoms with Crippen LogP contribution in [0.25, 0.3) is 22.9 Å². The molecule has 0 radical (unpaired) electrons. The van der Waals surface area contributed by atoms with E-state index in [1.807, 2.05) is 36.1 Å². The molecule has 1 aliphatic rings. The number of aryl methyl sites for hydroxylation is 1. The van der Waals surface area contributed by atoms with E-state index in [0.717, 1.165) is 16.7 Å². The highest BCUT2D eigenvalue weighted by Crippen LogP contribution is 2.29. The second-order valence-corrected chi connectivity index (χ2v) is 8.38. The number of nitro benzene ring substituents is 1. The first kappa shape index (κ1) is 22.3. The summed E-state index contributed by atoms with van der Waals surface area (Å²) in [5.41, 5.74) is 3.91. The first-order chi connectivity index (χ1) is 17.0. The minimum Gasteiger partial charge on any atom is -0.416 e.